The van der Waals surface area contributed by atoms with Crippen LogP contribution in [0.2, 0.25) is 0 Å². The van der Waals surface area contributed by atoms with Crippen molar-refractivity contribution >= 4 is 11.7 Å². The minimum atomic E-state index is -0.0791. The fourth-order valence-corrected chi connectivity index (χ4v) is 1.34. The van der Waals surface area contributed by atoms with Crippen LogP contribution in [-0.2, 0) is 14.3 Å². The van der Waals surface area contributed by atoms with Crippen LogP contribution in [0.1, 0.15) is 13.3 Å². The number of amides is 1. The number of carbonyl (C=O) groups excluding carboxylic acids is 2. The predicted molar refractivity (Wildman–Crippen MR) is 42.7 cm³/mol. The smallest absolute Gasteiger partial charge is 0.230 e. The lowest BCUT2D eigenvalue weighted by atomic mass is 10.3. The second-order valence-corrected chi connectivity index (χ2v) is 3.04. The number of carbonyl (C=O) groups is 2. The van der Waals surface area contributed by atoms with Gasteiger partial charge in [-0.25, -0.2) is 0 Å². The number of likely N-dealkylation sites (tertiary alicyclic amines) is 1. The summed E-state index contributed by atoms with van der Waals surface area (Å²) in [5.74, 6) is -0.0764. The SMILES string of the molecule is COCC(C)N1CC(=O)CC1=O. The largest absolute Gasteiger partial charge is 0.383 e. The van der Waals surface area contributed by atoms with Gasteiger partial charge < -0.3 is 9.64 Å². The van der Waals surface area contributed by atoms with E-state index in [9.17, 15) is 9.59 Å². The van der Waals surface area contributed by atoms with Gasteiger partial charge in [0.15, 0.2) is 5.78 Å². The number of hydrogen-bond acceptors (Lipinski definition) is 3. The monoisotopic (exact) mass is 171 g/mol. The molecule has 1 amide bonds. The first-order chi connectivity index (χ1) is 5.65. The van der Waals surface area contributed by atoms with Gasteiger partial charge in [0, 0.05) is 7.11 Å². The molecule has 0 saturated carbocycles. The maximum atomic E-state index is 11.2. The topological polar surface area (TPSA) is 46.6 Å². The first-order valence-corrected chi connectivity index (χ1v) is 3.95. The van der Waals surface area contributed by atoms with Gasteiger partial charge in [-0.2, -0.15) is 0 Å². The number of Topliss-reactive ketones (excluding diaryl/α,β-unsaturated/α-hetero) is 1. The summed E-state index contributed by atoms with van der Waals surface area (Å²) in [6.07, 6.45) is 0.0635. The second kappa shape index (κ2) is 3.67. The third kappa shape index (κ3) is 1.82. The summed E-state index contributed by atoms with van der Waals surface area (Å²) in [5, 5.41) is 0. The van der Waals surface area contributed by atoms with Crippen LogP contribution >= 0.6 is 0 Å². The Hall–Kier alpha value is -0.900. The maximum absolute atomic E-state index is 11.2. The highest BCUT2D eigenvalue weighted by Gasteiger charge is 2.30. The van der Waals surface area contributed by atoms with E-state index < -0.39 is 0 Å². The van der Waals surface area contributed by atoms with Gasteiger partial charge in [0.05, 0.1) is 25.6 Å². The molecule has 1 aliphatic heterocycles. The Kier molecular flexibility index (Phi) is 2.81. The molecule has 1 saturated heterocycles. The lowest BCUT2D eigenvalue weighted by Gasteiger charge is -2.22. The molecule has 1 heterocycles. The molecule has 0 bridgehead atoms. The first kappa shape index (κ1) is 9.19. The fraction of sp³-hybridized carbons (Fsp3) is 0.750. The zero-order chi connectivity index (χ0) is 9.14. The average Bonchev–Trinajstić information content (AvgIpc) is 2.30. The van der Waals surface area contributed by atoms with Gasteiger partial charge in [-0.15, -0.1) is 0 Å². The third-order valence-electron chi connectivity index (χ3n) is 1.96. The predicted octanol–water partition coefficient (Wildman–Crippen LogP) is -0.177. The molecule has 68 valence electrons. The van der Waals surface area contributed by atoms with E-state index in [1.807, 2.05) is 6.92 Å². The van der Waals surface area contributed by atoms with Crippen molar-refractivity contribution in [1.82, 2.24) is 4.90 Å². The fourth-order valence-electron chi connectivity index (χ4n) is 1.34. The van der Waals surface area contributed by atoms with Crippen LogP contribution in [0.5, 0.6) is 0 Å². The van der Waals surface area contributed by atoms with Crippen LogP contribution in [0.15, 0.2) is 0 Å². The summed E-state index contributed by atoms with van der Waals surface area (Å²) < 4.78 is 4.89. The lowest BCUT2D eigenvalue weighted by molar-refractivity contribution is -0.130. The molecule has 0 N–H and O–H groups in total. The molecule has 4 nitrogen and oxygen atoms in total. The number of methoxy groups -OCH3 is 1. The van der Waals surface area contributed by atoms with Gasteiger partial charge in [0.25, 0.3) is 0 Å². The van der Waals surface area contributed by atoms with Gasteiger partial charge in [0.2, 0.25) is 5.91 Å². The Morgan fingerprint density at radius 3 is 2.67 bits per heavy atom. The Bertz CT molecular complexity index is 202. The van der Waals surface area contributed by atoms with Crippen molar-refractivity contribution in [3.63, 3.8) is 0 Å². The maximum Gasteiger partial charge on any atom is 0.230 e. The van der Waals surface area contributed by atoms with Crippen molar-refractivity contribution in [2.75, 3.05) is 20.3 Å². The molecular formula is C8H13NO3. The quantitative estimate of drug-likeness (QED) is 0.553. The molecule has 12 heavy (non-hydrogen) atoms. The van der Waals surface area contributed by atoms with Gasteiger partial charge in [-0.1, -0.05) is 0 Å². The van der Waals surface area contributed by atoms with Crippen LogP contribution in [0.4, 0.5) is 0 Å². The molecule has 0 spiro atoms. The molecule has 1 unspecified atom stereocenters. The molecule has 1 fully saturated rings. The van der Waals surface area contributed by atoms with Crippen molar-refractivity contribution in [2.24, 2.45) is 0 Å². The van der Waals surface area contributed by atoms with Gasteiger partial charge >= 0.3 is 0 Å². The highest BCUT2D eigenvalue weighted by Crippen LogP contribution is 2.10. The zero-order valence-electron chi connectivity index (χ0n) is 7.37. The van der Waals surface area contributed by atoms with E-state index in [2.05, 4.69) is 0 Å². The summed E-state index contributed by atoms with van der Waals surface area (Å²) in [6.45, 7) is 2.61. The van der Waals surface area contributed by atoms with Crippen molar-refractivity contribution in [2.45, 2.75) is 19.4 Å². The molecular weight excluding hydrogens is 158 g/mol. The molecule has 0 aliphatic carbocycles. The summed E-state index contributed by atoms with van der Waals surface area (Å²) in [5.41, 5.74) is 0. The molecule has 0 radical (unpaired) electrons. The molecule has 1 atom stereocenters. The van der Waals surface area contributed by atoms with Crippen LogP contribution < -0.4 is 0 Å². The van der Waals surface area contributed by atoms with Crippen LogP contribution in [-0.4, -0.2) is 42.9 Å². The number of rotatable bonds is 3. The summed E-state index contributed by atoms with van der Waals surface area (Å²) >= 11 is 0. The zero-order valence-corrected chi connectivity index (χ0v) is 7.37. The molecule has 0 aromatic heterocycles. The average molecular weight is 171 g/mol. The van der Waals surface area contributed by atoms with Crippen molar-refractivity contribution in [1.29, 1.82) is 0 Å². The van der Waals surface area contributed by atoms with Gasteiger partial charge in [-0.05, 0) is 6.92 Å². The standard InChI is InChI=1S/C8H13NO3/c1-6(5-12-2)9-4-7(10)3-8(9)11/h6H,3-5H2,1-2H3. The van der Waals surface area contributed by atoms with Crippen LogP contribution in [0.25, 0.3) is 0 Å². The number of nitrogens with zero attached hydrogens (tertiary/aromatic N) is 1. The molecule has 1 rings (SSSR count). The molecule has 0 aromatic rings. The summed E-state index contributed by atoms with van der Waals surface area (Å²) in [7, 11) is 1.58. The number of ketones is 1. The van der Waals surface area contributed by atoms with E-state index in [-0.39, 0.29) is 30.7 Å². The number of ether oxygens (including phenoxy) is 1. The minimum absolute atomic E-state index is 0.00273. The Morgan fingerprint density at radius 1 is 1.58 bits per heavy atom. The lowest BCUT2D eigenvalue weighted by Crippen LogP contribution is -2.37. The Morgan fingerprint density at radius 2 is 2.25 bits per heavy atom. The van der Waals surface area contributed by atoms with Crippen molar-refractivity contribution in [3.05, 3.63) is 0 Å². The third-order valence-corrected chi connectivity index (χ3v) is 1.96. The highest BCUT2D eigenvalue weighted by molar-refractivity contribution is 6.05. The van der Waals surface area contributed by atoms with Crippen LogP contribution in [0.3, 0.4) is 0 Å². The first-order valence-electron chi connectivity index (χ1n) is 3.95. The van der Waals surface area contributed by atoms with E-state index in [0.29, 0.717) is 6.61 Å². The van der Waals surface area contributed by atoms with E-state index >= 15 is 0 Å². The minimum Gasteiger partial charge on any atom is -0.383 e. The summed E-state index contributed by atoms with van der Waals surface area (Å²) in [6, 6.07) is 0.00829. The van der Waals surface area contributed by atoms with Crippen LogP contribution in [0, 0.1) is 0 Å². The summed E-state index contributed by atoms with van der Waals surface area (Å²) in [4.78, 5) is 23.6. The molecule has 0 aromatic carbocycles. The van der Waals surface area contributed by atoms with Crippen molar-refractivity contribution in [3.8, 4) is 0 Å². The van der Waals surface area contributed by atoms with Gasteiger partial charge in [0.1, 0.15) is 0 Å². The second-order valence-electron chi connectivity index (χ2n) is 3.04. The van der Waals surface area contributed by atoms with E-state index in [0.717, 1.165) is 0 Å². The van der Waals surface area contributed by atoms with E-state index in [1.54, 1.807) is 12.0 Å². The Balaban J connectivity index is 2.51. The van der Waals surface area contributed by atoms with Gasteiger partial charge in [-0.3, -0.25) is 9.59 Å². The van der Waals surface area contributed by atoms with E-state index in [1.165, 1.54) is 0 Å². The molecule has 1 aliphatic rings. The van der Waals surface area contributed by atoms with Crippen molar-refractivity contribution < 1.29 is 14.3 Å². The molecule has 4 heteroatoms. The normalized spacial score (nSPS) is 20.3. The number of hydrogen-bond donors (Lipinski definition) is 0. The Labute approximate surface area is 71.5 Å². The highest BCUT2D eigenvalue weighted by atomic mass is 16.5. The van der Waals surface area contributed by atoms with E-state index in [4.69, 9.17) is 4.74 Å².